The van der Waals surface area contributed by atoms with E-state index in [1.165, 1.54) is 7.11 Å². The van der Waals surface area contributed by atoms with Gasteiger partial charge in [0.1, 0.15) is 0 Å². The maximum atomic E-state index is 10.7. The summed E-state index contributed by atoms with van der Waals surface area (Å²) >= 11 is 0. The summed E-state index contributed by atoms with van der Waals surface area (Å²) in [5.74, 6) is -0.585. The molecular weight excluding hydrogens is 148 g/mol. The minimum absolute atomic E-state index is 0.0116. The average Bonchev–Trinajstić information content (AvgIpc) is 2.00. The monoisotopic (exact) mass is 160 g/mol. The fraction of sp³-hybridized carbons (Fsp3) is 0.571. The highest BCUT2D eigenvalue weighted by molar-refractivity contribution is 5.85. The summed E-state index contributed by atoms with van der Waals surface area (Å²) in [4.78, 5) is 10.7. The Morgan fingerprint density at radius 3 is 2.55 bits per heavy atom. The molecule has 0 aromatic heterocycles. The average molecular weight is 160 g/mol. The number of hydrogen-bond donors (Lipinski definition) is 0. The standard InChI is InChI=1S/C7H12O4/c1-4-10-7(8)6(2)11-5-9-3/h2,4-5H2,1,3H3. The van der Waals surface area contributed by atoms with Crippen molar-refractivity contribution in [2.24, 2.45) is 0 Å². The summed E-state index contributed by atoms with van der Waals surface area (Å²) in [6.07, 6.45) is 0. The van der Waals surface area contributed by atoms with Crippen LogP contribution < -0.4 is 0 Å². The number of rotatable bonds is 5. The first-order valence-corrected chi connectivity index (χ1v) is 3.20. The van der Waals surface area contributed by atoms with Crippen LogP contribution in [0.5, 0.6) is 0 Å². The number of methoxy groups -OCH3 is 1. The van der Waals surface area contributed by atoms with Gasteiger partial charge in [-0.05, 0) is 13.5 Å². The first-order chi connectivity index (χ1) is 5.22. The van der Waals surface area contributed by atoms with Crippen molar-refractivity contribution in [2.75, 3.05) is 20.5 Å². The maximum Gasteiger partial charge on any atom is 0.373 e. The highest BCUT2D eigenvalue weighted by Crippen LogP contribution is 1.96. The zero-order valence-electron chi connectivity index (χ0n) is 6.75. The molecule has 0 unspecified atom stereocenters. The van der Waals surface area contributed by atoms with Crippen molar-refractivity contribution in [2.45, 2.75) is 6.92 Å². The van der Waals surface area contributed by atoms with Crippen LogP contribution in [0.1, 0.15) is 6.92 Å². The van der Waals surface area contributed by atoms with Crippen LogP contribution in [0.25, 0.3) is 0 Å². The largest absolute Gasteiger partial charge is 0.461 e. The SMILES string of the molecule is C=C(OCOC)C(=O)OCC. The van der Waals surface area contributed by atoms with E-state index in [-0.39, 0.29) is 12.6 Å². The van der Waals surface area contributed by atoms with Gasteiger partial charge in [0.2, 0.25) is 0 Å². The van der Waals surface area contributed by atoms with Crippen LogP contribution in [0.2, 0.25) is 0 Å². The van der Waals surface area contributed by atoms with Gasteiger partial charge < -0.3 is 14.2 Å². The normalized spacial score (nSPS) is 8.91. The van der Waals surface area contributed by atoms with Crippen molar-refractivity contribution >= 4 is 5.97 Å². The molecule has 4 nitrogen and oxygen atoms in total. The van der Waals surface area contributed by atoms with Crippen LogP contribution >= 0.6 is 0 Å². The number of esters is 1. The van der Waals surface area contributed by atoms with E-state index in [0.717, 1.165) is 0 Å². The van der Waals surface area contributed by atoms with Gasteiger partial charge in [0.25, 0.3) is 0 Å². The summed E-state index contributed by atoms with van der Waals surface area (Å²) < 4.78 is 13.8. The molecular formula is C7H12O4. The summed E-state index contributed by atoms with van der Waals surface area (Å²) in [6.45, 7) is 5.37. The lowest BCUT2D eigenvalue weighted by atomic mass is 10.6. The summed E-state index contributed by atoms with van der Waals surface area (Å²) in [5.41, 5.74) is 0. The lowest BCUT2D eigenvalue weighted by molar-refractivity contribution is -0.144. The Morgan fingerprint density at radius 2 is 2.09 bits per heavy atom. The summed E-state index contributed by atoms with van der Waals surface area (Å²) in [6, 6.07) is 0. The van der Waals surface area contributed by atoms with Crippen LogP contribution in [-0.2, 0) is 19.0 Å². The lowest BCUT2D eigenvalue weighted by Crippen LogP contribution is -2.10. The van der Waals surface area contributed by atoms with Crippen LogP contribution in [-0.4, -0.2) is 26.5 Å². The second kappa shape index (κ2) is 5.73. The zero-order chi connectivity index (χ0) is 8.69. The van der Waals surface area contributed by atoms with E-state index < -0.39 is 5.97 Å². The number of carbonyl (C=O) groups is 1. The summed E-state index contributed by atoms with van der Waals surface area (Å²) in [7, 11) is 1.46. The Bertz CT molecular complexity index is 141. The van der Waals surface area contributed by atoms with Gasteiger partial charge in [-0.3, -0.25) is 0 Å². The Hall–Kier alpha value is -1.03. The second-order valence-electron chi connectivity index (χ2n) is 1.69. The minimum Gasteiger partial charge on any atom is -0.461 e. The number of carbonyl (C=O) groups excluding carboxylic acids is 1. The molecule has 0 atom stereocenters. The molecule has 0 saturated carbocycles. The molecule has 0 heterocycles. The third kappa shape index (κ3) is 4.38. The molecule has 0 radical (unpaired) electrons. The molecule has 0 saturated heterocycles. The first-order valence-electron chi connectivity index (χ1n) is 3.20. The van der Waals surface area contributed by atoms with Crippen molar-refractivity contribution in [1.82, 2.24) is 0 Å². The van der Waals surface area contributed by atoms with Gasteiger partial charge in [0, 0.05) is 7.11 Å². The molecule has 0 aliphatic carbocycles. The van der Waals surface area contributed by atoms with Crippen LogP contribution in [0.4, 0.5) is 0 Å². The minimum atomic E-state index is -0.551. The van der Waals surface area contributed by atoms with E-state index in [0.29, 0.717) is 6.61 Å². The Kier molecular flexibility index (Phi) is 5.20. The van der Waals surface area contributed by atoms with Crippen molar-refractivity contribution in [3.8, 4) is 0 Å². The van der Waals surface area contributed by atoms with Gasteiger partial charge in [-0.1, -0.05) is 0 Å². The van der Waals surface area contributed by atoms with Crippen LogP contribution in [0.15, 0.2) is 12.3 Å². The van der Waals surface area contributed by atoms with Crippen molar-refractivity contribution < 1.29 is 19.0 Å². The van der Waals surface area contributed by atoms with Gasteiger partial charge in [-0.15, -0.1) is 0 Å². The highest BCUT2D eigenvalue weighted by atomic mass is 16.7. The van der Waals surface area contributed by atoms with E-state index in [2.05, 4.69) is 16.1 Å². The van der Waals surface area contributed by atoms with E-state index in [1.54, 1.807) is 6.92 Å². The Labute approximate surface area is 65.7 Å². The van der Waals surface area contributed by atoms with Crippen molar-refractivity contribution in [1.29, 1.82) is 0 Å². The zero-order valence-corrected chi connectivity index (χ0v) is 6.75. The third-order valence-electron chi connectivity index (χ3n) is 0.854. The molecule has 0 aliphatic heterocycles. The fourth-order valence-corrected chi connectivity index (χ4v) is 0.401. The molecule has 0 aliphatic rings. The maximum absolute atomic E-state index is 10.7. The smallest absolute Gasteiger partial charge is 0.373 e. The molecule has 0 bridgehead atoms. The number of hydrogen-bond acceptors (Lipinski definition) is 4. The molecule has 0 spiro atoms. The van der Waals surface area contributed by atoms with Gasteiger partial charge in [0.05, 0.1) is 6.61 Å². The van der Waals surface area contributed by atoms with Gasteiger partial charge >= 0.3 is 5.97 Å². The lowest BCUT2D eigenvalue weighted by Gasteiger charge is -2.05. The fourth-order valence-electron chi connectivity index (χ4n) is 0.401. The highest BCUT2D eigenvalue weighted by Gasteiger charge is 2.07. The molecule has 4 heteroatoms. The quantitative estimate of drug-likeness (QED) is 0.257. The second-order valence-corrected chi connectivity index (χ2v) is 1.69. The summed E-state index contributed by atoms with van der Waals surface area (Å²) in [5, 5.41) is 0. The van der Waals surface area contributed by atoms with Crippen LogP contribution in [0.3, 0.4) is 0 Å². The van der Waals surface area contributed by atoms with Gasteiger partial charge in [-0.25, -0.2) is 4.79 Å². The Morgan fingerprint density at radius 1 is 1.45 bits per heavy atom. The van der Waals surface area contributed by atoms with E-state index in [1.807, 2.05) is 0 Å². The first kappa shape index (κ1) is 9.97. The van der Waals surface area contributed by atoms with Gasteiger partial charge in [-0.2, -0.15) is 0 Å². The van der Waals surface area contributed by atoms with Crippen molar-refractivity contribution in [3.63, 3.8) is 0 Å². The molecule has 0 fully saturated rings. The van der Waals surface area contributed by atoms with Crippen LogP contribution in [0, 0.1) is 0 Å². The molecule has 64 valence electrons. The van der Waals surface area contributed by atoms with Crippen molar-refractivity contribution in [3.05, 3.63) is 12.3 Å². The predicted octanol–water partition coefficient (Wildman–Crippen LogP) is 0.684. The molecule has 0 rings (SSSR count). The Balaban J connectivity index is 3.56. The van der Waals surface area contributed by atoms with E-state index in [4.69, 9.17) is 4.74 Å². The van der Waals surface area contributed by atoms with E-state index in [9.17, 15) is 4.79 Å². The molecule has 0 aromatic carbocycles. The third-order valence-corrected chi connectivity index (χ3v) is 0.854. The topological polar surface area (TPSA) is 44.8 Å². The van der Waals surface area contributed by atoms with Gasteiger partial charge in [0.15, 0.2) is 12.6 Å². The number of ether oxygens (including phenoxy) is 3. The predicted molar refractivity (Wildman–Crippen MR) is 38.7 cm³/mol. The van der Waals surface area contributed by atoms with E-state index >= 15 is 0 Å². The molecule has 11 heavy (non-hydrogen) atoms. The molecule has 0 aromatic rings. The molecule has 0 N–H and O–H groups in total. The molecule has 0 amide bonds.